The Kier molecular flexibility index (Phi) is 6.74. The van der Waals surface area contributed by atoms with E-state index in [2.05, 4.69) is 0 Å². The molecule has 0 saturated heterocycles. The molecule has 0 radical (unpaired) electrons. The Morgan fingerprint density at radius 1 is 1.00 bits per heavy atom. The smallest absolute Gasteiger partial charge is 0.244 e. The fourth-order valence-electron chi connectivity index (χ4n) is 3.53. The fourth-order valence-corrected chi connectivity index (χ4v) is 5.85. The third-order valence-corrected chi connectivity index (χ3v) is 7.50. The summed E-state index contributed by atoms with van der Waals surface area (Å²) in [5.74, 6) is 0.582. The average molecular weight is 452 g/mol. The highest BCUT2D eigenvalue weighted by Crippen LogP contribution is 2.28. The van der Waals surface area contributed by atoms with E-state index in [0.717, 1.165) is 22.3 Å². The van der Waals surface area contributed by atoms with Crippen molar-refractivity contribution in [2.75, 3.05) is 6.54 Å². The predicted octanol–water partition coefficient (Wildman–Crippen LogP) is 5.95. The summed E-state index contributed by atoms with van der Waals surface area (Å²) in [6, 6.07) is 12.5. The second kappa shape index (κ2) is 8.92. The van der Waals surface area contributed by atoms with Gasteiger partial charge in [-0.05, 0) is 68.1 Å². The Balaban J connectivity index is 1.96. The summed E-state index contributed by atoms with van der Waals surface area (Å²) in [7, 11) is -3.74. The van der Waals surface area contributed by atoms with Crippen LogP contribution < -0.4 is 0 Å². The van der Waals surface area contributed by atoms with Gasteiger partial charge in [0.15, 0.2) is 0 Å². The molecule has 0 amide bonds. The van der Waals surface area contributed by atoms with Crippen LogP contribution in [0.15, 0.2) is 58.0 Å². The Morgan fingerprint density at radius 3 is 2.28 bits per heavy atom. The van der Waals surface area contributed by atoms with Crippen molar-refractivity contribution < 1.29 is 12.8 Å². The normalized spacial score (nSPS) is 11.9. The molecule has 0 atom stereocenters. The first-order chi connectivity index (χ1) is 13.7. The number of aryl methyl sites for hydroxylation is 3. The molecule has 29 heavy (non-hydrogen) atoms. The Labute approximate surface area is 182 Å². The van der Waals surface area contributed by atoms with Crippen LogP contribution >= 0.6 is 23.2 Å². The number of sulfonamides is 1. The van der Waals surface area contributed by atoms with Crippen LogP contribution in [0.1, 0.15) is 28.0 Å². The molecule has 154 valence electrons. The number of hydrogen-bond donors (Lipinski definition) is 0. The summed E-state index contributed by atoms with van der Waals surface area (Å²) in [4.78, 5) is 0.344. The highest BCUT2D eigenvalue weighted by Gasteiger charge is 2.28. The lowest BCUT2D eigenvalue weighted by atomic mass is 10.1. The third kappa shape index (κ3) is 5.04. The number of furan rings is 1. The Hall–Kier alpha value is -1.79. The molecule has 1 heterocycles. The van der Waals surface area contributed by atoms with Gasteiger partial charge in [-0.3, -0.25) is 0 Å². The van der Waals surface area contributed by atoms with Crippen molar-refractivity contribution in [1.82, 2.24) is 4.31 Å². The van der Waals surface area contributed by atoms with Gasteiger partial charge in [-0.25, -0.2) is 8.42 Å². The number of hydrogen-bond acceptors (Lipinski definition) is 3. The van der Waals surface area contributed by atoms with Gasteiger partial charge in [0, 0.05) is 16.6 Å². The lowest BCUT2D eigenvalue weighted by Crippen LogP contribution is -2.33. The third-order valence-electron chi connectivity index (χ3n) is 4.76. The number of benzene rings is 2. The van der Waals surface area contributed by atoms with E-state index in [4.69, 9.17) is 27.6 Å². The van der Waals surface area contributed by atoms with Gasteiger partial charge < -0.3 is 4.42 Å². The van der Waals surface area contributed by atoms with E-state index in [1.165, 1.54) is 4.31 Å². The second-order valence-corrected chi connectivity index (χ2v) is 9.85. The van der Waals surface area contributed by atoms with Gasteiger partial charge in [-0.1, -0.05) is 47.0 Å². The highest BCUT2D eigenvalue weighted by atomic mass is 35.5. The van der Waals surface area contributed by atoms with Crippen LogP contribution in [0.25, 0.3) is 0 Å². The minimum atomic E-state index is -3.74. The first-order valence-electron chi connectivity index (χ1n) is 9.23. The van der Waals surface area contributed by atoms with E-state index in [1.807, 2.05) is 39.0 Å². The number of rotatable bonds is 7. The topological polar surface area (TPSA) is 50.5 Å². The van der Waals surface area contributed by atoms with Crippen LogP contribution in [0.3, 0.4) is 0 Å². The molecule has 4 nitrogen and oxygen atoms in total. The van der Waals surface area contributed by atoms with Crippen molar-refractivity contribution in [1.29, 1.82) is 0 Å². The lowest BCUT2D eigenvalue weighted by Gasteiger charge is -2.24. The molecule has 0 bridgehead atoms. The van der Waals surface area contributed by atoms with Crippen molar-refractivity contribution in [3.05, 3.63) is 86.8 Å². The van der Waals surface area contributed by atoms with Crippen LogP contribution in [0.4, 0.5) is 0 Å². The SMILES string of the molecule is Cc1cc(C)c(S(=O)(=O)N(CCc2ccc(Cl)cc2Cl)Cc2ccco2)c(C)c1. The summed E-state index contributed by atoms with van der Waals surface area (Å²) in [5.41, 5.74) is 3.34. The molecule has 1 aromatic heterocycles. The molecule has 0 N–H and O–H groups in total. The van der Waals surface area contributed by atoms with Crippen LogP contribution in [0.2, 0.25) is 10.0 Å². The first-order valence-corrected chi connectivity index (χ1v) is 11.4. The predicted molar refractivity (Wildman–Crippen MR) is 117 cm³/mol. The van der Waals surface area contributed by atoms with Gasteiger partial charge in [0.05, 0.1) is 17.7 Å². The van der Waals surface area contributed by atoms with E-state index < -0.39 is 10.0 Å². The Morgan fingerprint density at radius 2 is 1.69 bits per heavy atom. The maximum absolute atomic E-state index is 13.6. The van der Waals surface area contributed by atoms with Crippen LogP contribution in [0, 0.1) is 20.8 Å². The maximum atomic E-state index is 13.6. The molecule has 0 saturated carbocycles. The zero-order valence-corrected chi connectivity index (χ0v) is 18.9. The zero-order chi connectivity index (χ0) is 21.2. The average Bonchev–Trinajstić information content (AvgIpc) is 3.11. The molecule has 0 fully saturated rings. The molecule has 3 rings (SSSR count). The van der Waals surface area contributed by atoms with Gasteiger partial charge in [0.25, 0.3) is 0 Å². The monoisotopic (exact) mass is 451 g/mol. The van der Waals surface area contributed by atoms with Crippen molar-refractivity contribution in [2.24, 2.45) is 0 Å². The molecule has 0 unspecified atom stereocenters. The van der Waals surface area contributed by atoms with E-state index in [9.17, 15) is 8.42 Å². The standard InChI is InChI=1S/C22H23Cl2NO3S/c1-15-11-16(2)22(17(3)12-15)29(26,27)25(14-20-5-4-10-28-20)9-8-18-6-7-19(23)13-21(18)24/h4-7,10-13H,8-9,14H2,1-3H3. The van der Waals surface area contributed by atoms with E-state index >= 15 is 0 Å². The molecule has 0 aliphatic heterocycles. The van der Waals surface area contributed by atoms with Gasteiger partial charge in [0.1, 0.15) is 5.76 Å². The second-order valence-electron chi connectivity index (χ2n) is 7.13. The molecular weight excluding hydrogens is 429 g/mol. The van der Waals surface area contributed by atoms with Crippen LogP contribution in [0.5, 0.6) is 0 Å². The Bertz CT molecular complexity index is 1090. The van der Waals surface area contributed by atoms with Gasteiger partial charge >= 0.3 is 0 Å². The summed E-state index contributed by atoms with van der Waals surface area (Å²) < 4.78 is 34.1. The highest BCUT2D eigenvalue weighted by molar-refractivity contribution is 7.89. The summed E-state index contributed by atoms with van der Waals surface area (Å²) in [6.07, 6.45) is 2.00. The van der Waals surface area contributed by atoms with E-state index in [1.54, 1.807) is 30.5 Å². The summed E-state index contributed by atoms with van der Waals surface area (Å²) in [6.45, 7) is 6.02. The van der Waals surface area contributed by atoms with E-state index in [-0.39, 0.29) is 13.1 Å². The van der Waals surface area contributed by atoms with Crippen molar-refractivity contribution in [3.63, 3.8) is 0 Å². The zero-order valence-electron chi connectivity index (χ0n) is 16.6. The molecule has 0 aliphatic rings. The fraction of sp³-hybridized carbons (Fsp3) is 0.273. The number of nitrogens with zero attached hydrogens (tertiary/aromatic N) is 1. The molecule has 7 heteroatoms. The minimum Gasteiger partial charge on any atom is -0.468 e. The lowest BCUT2D eigenvalue weighted by molar-refractivity contribution is 0.365. The van der Waals surface area contributed by atoms with Gasteiger partial charge in [0.2, 0.25) is 10.0 Å². The van der Waals surface area contributed by atoms with Crippen LogP contribution in [-0.2, 0) is 23.0 Å². The molecule has 2 aromatic carbocycles. The molecular formula is C22H23Cl2NO3S. The number of halogens is 2. The molecule has 0 spiro atoms. The largest absolute Gasteiger partial charge is 0.468 e. The van der Waals surface area contributed by atoms with Crippen LogP contribution in [-0.4, -0.2) is 19.3 Å². The molecule has 3 aromatic rings. The van der Waals surface area contributed by atoms with Crippen molar-refractivity contribution in [2.45, 2.75) is 38.6 Å². The van der Waals surface area contributed by atoms with Gasteiger partial charge in [-0.15, -0.1) is 0 Å². The minimum absolute atomic E-state index is 0.146. The quantitative estimate of drug-likeness (QED) is 0.446. The molecule has 0 aliphatic carbocycles. The van der Waals surface area contributed by atoms with E-state index in [0.29, 0.717) is 27.1 Å². The van der Waals surface area contributed by atoms with Crippen molar-refractivity contribution in [3.8, 4) is 0 Å². The maximum Gasteiger partial charge on any atom is 0.244 e. The van der Waals surface area contributed by atoms with Gasteiger partial charge in [-0.2, -0.15) is 4.31 Å². The summed E-state index contributed by atoms with van der Waals surface area (Å²) >= 11 is 12.3. The first kappa shape index (κ1) is 21.9. The summed E-state index contributed by atoms with van der Waals surface area (Å²) in [5, 5.41) is 1.07. The van der Waals surface area contributed by atoms with Crippen molar-refractivity contribution >= 4 is 33.2 Å².